The van der Waals surface area contributed by atoms with Crippen LogP contribution in [0.3, 0.4) is 0 Å². The number of methoxy groups -OCH3 is 1. The number of halogens is 1. The molecular weight excluding hydrogens is 335 g/mol. The molecule has 0 spiro atoms. The Morgan fingerprint density at radius 2 is 1.88 bits per heavy atom. The first kappa shape index (κ1) is 18.0. The van der Waals surface area contributed by atoms with Crippen LogP contribution < -0.4 is 0 Å². The molecule has 2 unspecified atom stereocenters. The van der Waals surface area contributed by atoms with Crippen molar-refractivity contribution in [2.24, 2.45) is 5.92 Å². The van der Waals surface area contributed by atoms with Crippen LogP contribution in [0.2, 0.25) is 0 Å². The van der Waals surface area contributed by atoms with E-state index in [0.717, 1.165) is 41.7 Å². The van der Waals surface area contributed by atoms with Gasteiger partial charge in [0.25, 0.3) is 0 Å². The molecule has 0 radical (unpaired) electrons. The highest BCUT2D eigenvalue weighted by Gasteiger charge is 2.33. The van der Waals surface area contributed by atoms with Gasteiger partial charge < -0.3 is 4.74 Å². The quantitative estimate of drug-likeness (QED) is 0.663. The molecule has 25 heavy (non-hydrogen) atoms. The molecule has 2 nitrogen and oxygen atoms in total. The maximum absolute atomic E-state index is 14.3. The number of hydrogen-bond acceptors (Lipinski definition) is 3. The first-order valence-corrected chi connectivity index (χ1v) is 9.58. The minimum absolute atomic E-state index is 0.0847. The number of benzene rings is 2. The number of carbonyl (C=O) groups is 1. The van der Waals surface area contributed by atoms with Gasteiger partial charge in [-0.05, 0) is 37.5 Å². The average molecular weight is 358 g/mol. The van der Waals surface area contributed by atoms with Crippen LogP contribution in [-0.4, -0.2) is 18.3 Å². The molecular formula is C21H23FO2S. The molecule has 0 heterocycles. The molecule has 3 rings (SSSR count). The van der Waals surface area contributed by atoms with Crippen molar-refractivity contribution < 1.29 is 13.9 Å². The lowest BCUT2D eigenvalue weighted by Crippen LogP contribution is -2.30. The summed E-state index contributed by atoms with van der Waals surface area (Å²) in [5.41, 5.74) is 2.60. The molecule has 1 aliphatic rings. The minimum Gasteiger partial charge on any atom is -0.469 e. The third kappa shape index (κ3) is 4.06. The first-order chi connectivity index (χ1) is 12.1. The van der Waals surface area contributed by atoms with Crippen molar-refractivity contribution in [2.75, 3.05) is 7.11 Å². The third-order valence-electron chi connectivity index (χ3n) is 4.78. The largest absolute Gasteiger partial charge is 0.469 e. The van der Waals surface area contributed by atoms with E-state index in [9.17, 15) is 9.18 Å². The number of ether oxygens (including phenoxy) is 1. The maximum Gasteiger partial charge on any atom is 0.309 e. The van der Waals surface area contributed by atoms with Gasteiger partial charge in [0, 0.05) is 15.7 Å². The Kier molecular flexibility index (Phi) is 5.79. The summed E-state index contributed by atoms with van der Waals surface area (Å²) in [5.74, 6) is -0.432. The van der Waals surface area contributed by atoms with Crippen molar-refractivity contribution >= 4 is 17.7 Å². The second-order valence-electron chi connectivity index (χ2n) is 6.55. The summed E-state index contributed by atoms with van der Waals surface area (Å²) >= 11 is 1.69. The Balaban J connectivity index is 1.95. The fourth-order valence-electron chi connectivity index (χ4n) is 3.46. The summed E-state index contributed by atoms with van der Waals surface area (Å²) in [6, 6.07) is 13.0. The van der Waals surface area contributed by atoms with E-state index in [1.165, 1.54) is 13.2 Å². The van der Waals surface area contributed by atoms with Gasteiger partial charge in [0.05, 0.1) is 13.0 Å². The van der Waals surface area contributed by atoms with Crippen LogP contribution in [0.25, 0.3) is 11.1 Å². The van der Waals surface area contributed by atoms with Crippen LogP contribution in [0.4, 0.5) is 4.39 Å². The molecule has 2 aromatic rings. The SMILES string of the molecule is COC(=O)C1CCCCC1Sc1ccc(C)cc1-c1ccccc1F. The smallest absolute Gasteiger partial charge is 0.309 e. The zero-order valence-electron chi connectivity index (χ0n) is 14.6. The van der Waals surface area contributed by atoms with E-state index in [1.807, 2.05) is 37.3 Å². The van der Waals surface area contributed by atoms with Gasteiger partial charge in [-0.1, -0.05) is 48.7 Å². The Morgan fingerprint density at radius 1 is 1.12 bits per heavy atom. The van der Waals surface area contributed by atoms with Crippen LogP contribution in [0, 0.1) is 18.7 Å². The summed E-state index contributed by atoms with van der Waals surface area (Å²) in [6.45, 7) is 2.01. The first-order valence-electron chi connectivity index (χ1n) is 8.70. The van der Waals surface area contributed by atoms with Gasteiger partial charge >= 0.3 is 5.97 Å². The van der Waals surface area contributed by atoms with Crippen LogP contribution in [-0.2, 0) is 9.53 Å². The molecule has 0 aromatic heterocycles. The van der Waals surface area contributed by atoms with Gasteiger partial charge in [0.2, 0.25) is 0 Å². The Bertz CT molecular complexity index is 759. The van der Waals surface area contributed by atoms with E-state index >= 15 is 0 Å². The predicted octanol–water partition coefficient (Wildman–Crippen LogP) is 5.63. The van der Waals surface area contributed by atoms with E-state index in [0.29, 0.717) is 5.56 Å². The molecule has 0 N–H and O–H groups in total. The van der Waals surface area contributed by atoms with Crippen molar-refractivity contribution in [1.29, 1.82) is 0 Å². The van der Waals surface area contributed by atoms with Gasteiger partial charge in [-0.2, -0.15) is 0 Å². The lowest BCUT2D eigenvalue weighted by atomic mass is 9.89. The van der Waals surface area contributed by atoms with Gasteiger partial charge in [-0.15, -0.1) is 11.8 Å². The number of aryl methyl sites for hydroxylation is 1. The van der Waals surface area contributed by atoms with Gasteiger partial charge in [0.1, 0.15) is 5.82 Å². The molecule has 1 aliphatic carbocycles. The van der Waals surface area contributed by atoms with E-state index in [1.54, 1.807) is 17.8 Å². The summed E-state index contributed by atoms with van der Waals surface area (Å²) in [4.78, 5) is 13.2. The highest BCUT2D eigenvalue weighted by molar-refractivity contribution is 8.00. The zero-order valence-corrected chi connectivity index (χ0v) is 15.4. The van der Waals surface area contributed by atoms with Gasteiger partial charge in [-0.25, -0.2) is 4.39 Å². The standard InChI is InChI=1S/C21H23FO2S/c1-14-11-12-20(17(13-14)15-7-3-5-9-18(15)22)25-19-10-6-4-8-16(19)21(23)24-2/h3,5,7,9,11-13,16,19H,4,6,8,10H2,1-2H3. The topological polar surface area (TPSA) is 26.3 Å². The number of carbonyl (C=O) groups excluding carboxylic acids is 1. The Morgan fingerprint density at radius 3 is 2.64 bits per heavy atom. The summed E-state index contributed by atoms with van der Waals surface area (Å²) in [7, 11) is 1.45. The van der Waals surface area contributed by atoms with Crippen molar-refractivity contribution in [3.05, 3.63) is 53.8 Å². The third-order valence-corrected chi connectivity index (χ3v) is 6.26. The summed E-state index contributed by atoms with van der Waals surface area (Å²) in [5, 5.41) is 0.175. The highest BCUT2D eigenvalue weighted by Crippen LogP contribution is 2.42. The zero-order chi connectivity index (χ0) is 17.8. The molecule has 1 saturated carbocycles. The fourth-order valence-corrected chi connectivity index (χ4v) is 4.92. The van der Waals surface area contributed by atoms with Crippen molar-refractivity contribution in [3.63, 3.8) is 0 Å². The normalized spacial score (nSPS) is 20.3. The van der Waals surface area contributed by atoms with Gasteiger partial charge in [0.15, 0.2) is 0 Å². The Hall–Kier alpha value is -1.81. The Labute approximate surface area is 152 Å². The number of rotatable bonds is 4. The monoisotopic (exact) mass is 358 g/mol. The molecule has 0 amide bonds. The summed E-state index contributed by atoms with van der Waals surface area (Å²) in [6.07, 6.45) is 4.03. The second kappa shape index (κ2) is 8.05. The second-order valence-corrected chi connectivity index (χ2v) is 7.83. The lowest BCUT2D eigenvalue weighted by Gasteiger charge is -2.29. The van der Waals surface area contributed by atoms with Gasteiger partial charge in [-0.3, -0.25) is 4.79 Å². The average Bonchev–Trinajstić information content (AvgIpc) is 2.63. The van der Waals surface area contributed by atoms with E-state index in [4.69, 9.17) is 4.74 Å². The van der Waals surface area contributed by atoms with Crippen LogP contribution >= 0.6 is 11.8 Å². The predicted molar refractivity (Wildman–Crippen MR) is 100 cm³/mol. The molecule has 0 saturated heterocycles. The molecule has 132 valence electrons. The minimum atomic E-state index is -0.219. The molecule has 2 atom stereocenters. The molecule has 0 bridgehead atoms. The maximum atomic E-state index is 14.3. The van der Waals surface area contributed by atoms with E-state index in [-0.39, 0.29) is 23.0 Å². The number of hydrogen-bond donors (Lipinski definition) is 0. The highest BCUT2D eigenvalue weighted by atomic mass is 32.2. The number of thioether (sulfide) groups is 1. The molecule has 2 aromatic carbocycles. The number of esters is 1. The molecule has 0 aliphatic heterocycles. The van der Waals surface area contributed by atoms with Crippen molar-refractivity contribution in [3.8, 4) is 11.1 Å². The van der Waals surface area contributed by atoms with E-state index < -0.39 is 0 Å². The summed E-state index contributed by atoms with van der Waals surface area (Å²) < 4.78 is 19.3. The van der Waals surface area contributed by atoms with Crippen LogP contribution in [0.15, 0.2) is 47.4 Å². The lowest BCUT2D eigenvalue weighted by molar-refractivity contribution is -0.146. The van der Waals surface area contributed by atoms with E-state index in [2.05, 4.69) is 0 Å². The van der Waals surface area contributed by atoms with Crippen molar-refractivity contribution in [2.45, 2.75) is 42.8 Å². The molecule has 4 heteroatoms. The van der Waals surface area contributed by atoms with Crippen molar-refractivity contribution in [1.82, 2.24) is 0 Å². The van der Waals surface area contributed by atoms with Crippen LogP contribution in [0.5, 0.6) is 0 Å². The fraction of sp³-hybridized carbons (Fsp3) is 0.381. The molecule has 1 fully saturated rings. The van der Waals surface area contributed by atoms with Crippen LogP contribution in [0.1, 0.15) is 31.2 Å².